The largest absolute Gasteiger partial charge is 0.455 e. The van der Waals surface area contributed by atoms with Crippen molar-refractivity contribution >= 4 is 86.3 Å². The topological polar surface area (TPSA) is 26.3 Å². The van der Waals surface area contributed by atoms with E-state index in [2.05, 4.69) is 245 Å². The Balaban J connectivity index is 0.980. The number of para-hydroxylation sites is 2. The average Bonchev–Trinajstić information content (AvgIpc) is 4.16. The van der Waals surface area contributed by atoms with Gasteiger partial charge in [-0.15, -0.1) is 0 Å². The summed E-state index contributed by atoms with van der Waals surface area (Å²) in [5, 5.41) is 11.0. The molecule has 0 spiro atoms. The summed E-state index contributed by atoms with van der Waals surface area (Å²) in [4.78, 5) is 0. The standard InChI is InChI=1S/C70H52O2Si2/c1-73(2)61-41-57(51-37-47(43-21-9-5-10-22-43)35-48(38-51)44-23-11-6-12-24-44)67-65(53-29-17-19-31-59(53)71-67)63(61)55-33-34-56-64-62(74(3,4)70(56)69(55)73)42-58(68-66(64)54-30-18-20-32-60(54)72-68)52-39-49(45-25-13-7-14-26-45)36-50(40-52)46-27-15-8-16-28-46/h5-15,17-27,29-42H,16,28H2,1-4H3. The lowest BCUT2D eigenvalue weighted by Gasteiger charge is -2.28. The molecule has 74 heavy (non-hydrogen) atoms. The van der Waals surface area contributed by atoms with Gasteiger partial charge in [0, 0.05) is 32.7 Å². The van der Waals surface area contributed by atoms with Crippen molar-refractivity contribution in [2.75, 3.05) is 0 Å². The zero-order valence-electron chi connectivity index (χ0n) is 42.0. The SMILES string of the molecule is C[Si]1(C)c2cc(-c3cc(C4=CC=CCC4)cc(-c4ccccc4)c3)c3oc4ccccc4c3c2-c2ccc3c(c21)[Si](C)(C)c1cc(-c2cc(-c4ccccc4)cc(-c4ccccc4)c2)c2oc4ccccc4c2c1-3. The van der Waals surface area contributed by atoms with Gasteiger partial charge in [0.2, 0.25) is 0 Å². The molecular weight excluding hydrogens is 929 g/mol. The number of benzene rings is 10. The predicted molar refractivity (Wildman–Crippen MR) is 319 cm³/mol. The first-order valence-electron chi connectivity index (χ1n) is 26.2. The molecule has 0 atom stereocenters. The van der Waals surface area contributed by atoms with E-state index in [1.54, 1.807) is 10.4 Å². The molecule has 0 saturated heterocycles. The Bertz CT molecular complexity index is 4340. The molecule has 4 heteroatoms. The zero-order chi connectivity index (χ0) is 49.5. The minimum absolute atomic E-state index is 0.924. The Morgan fingerprint density at radius 2 is 0.757 bits per heavy atom. The number of fused-ring (bicyclic) bond motifs is 15. The number of hydrogen-bond acceptors (Lipinski definition) is 2. The molecule has 3 aliphatic rings. The van der Waals surface area contributed by atoms with E-state index in [4.69, 9.17) is 8.83 Å². The molecule has 1 aliphatic carbocycles. The monoisotopic (exact) mass is 980 g/mol. The van der Waals surface area contributed by atoms with E-state index in [9.17, 15) is 0 Å². The molecule has 0 fully saturated rings. The van der Waals surface area contributed by atoms with Crippen LogP contribution in [0.3, 0.4) is 0 Å². The van der Waals surface area contributed by atoms with Crippen molar-refractivity contribution in [2.24, 2.45) is 0 Å². The van der Waals surface area contributed by atoms with Crippen molar-refractivity contribution in [3.8, 4) is 77.9 Å². The molecule has 0 N–H and O–H groups in total. The maximum Gasteiger partial charge on any atom is 0.143 e. The minimum Gasteiger partial charge on any atom is -0.455 e. The van der Waals surface area contributed by atoms with Gasteiger partial charge in [0.15, 0.2) is 0 Å². The maximum atomic E-state index is 7.16. The summed E-state index contributed by atoms with van der Waals surface area (Å²) in [6.07, 6.45) is 8.88. The lowest BCUT2D eigenvalue weighted by molar-refractivity contribution is 0.670. The van der Waals surface area contributed by atoms with Gasteiger partial charge in [-0.05, 0) is 160 Å². The summed E-state index contributed by atoms with van der Waals surface area (Å²) in [6, 6.07) is 74.4. The lowest BCUT2D eigenvalue weighted by atomic mass is 9.88. The Labute approximate surface area is 433 Å². The van der Waals surface area contributed by atoms with Gasteiger partial charge in [-0.1, -0.05) is 196 Å². The van der Waals surface area contributed by atoms with Gasteiger partial charge in [-0.3, -0.25) is 0 Å². The molecule has 0 saturated carbocycles. The Kier molecular flexibility index (Phi) is 9.43. The van der Waals surface area contributed by atoms with Crippen LogP contribution in [0.2, 0.25) is 26.2 Å². The van der Waals surface area contributed by atoms with Crippen LogP contribution < -0.4 is 20.7 Å². The third-order valence-corrected chi connectivity index (χ3v) is 24.1. The maximum absolute atomic E-state index is 7.16. The van der Waals surface area contributed by atoms with Crippen LogP contribution in [0, 0.1) is 0 Å². The van der Waals surface area contributed by atoms with Crippen LogP contribution in [0.4, 0.5) is 0 Å². The highest BCUT2D eigenvalue weighted by molar-refractivity contribution is 7.13. The van der Waals surface area contributed by atoms with Gasteiger partial charge < -0.3 is 8.83 Å². The second kappa shape index (κ2) is 16.1. The summed E-state index contributed by atoms with van der Waals surface area (Å²) in [5.74, 6) is 0. The van der Waals surface area contributed by atoms with Crippen molar-refractivity contribution in [2.45, 2.75) is 39.0 Å². The van der Waals surface area contributed by atoms with Gasteiger partial charge in [-0.25, -0.2) is 0 Å². The van der Waals surface area contributed by atoms with Crippen molar-refractivity contribution < 1.29 is 8.83 Å². The quantitative estimate of drug-likeness (QED) is 0.155. The highest BCUT2D eigenvalue weighted by Crippen LogP contribution is 2.49. The number of allylic oxidation sites excluding steroid dienone is 4. The fourth-order valence-electron chi connectivity index (χ4n) is 13.3. The molecule has 0 bridgehead atoms. The first-order chi connectivity index (χ1) is 36.2. The van der Waals surface area contributed by atoms with Crippen LogP contribution in [0.15, 0.2) is 227 Å². The molecule has 12 aromatic rings. The second-order valence-electron chi connectivity index (χ2n) is 21.8. The predicted octanol–water partition coefficient (Wildman–Crippen LogP) is 17.2. The third-order valence-electron chi connectivity index (χ3n) is 16.8. The van der Waals surface area contributed by atoms with Crippen LogP contribution in [0.5, 0.6) is 0 Å². The first kappa shape index (κ1) is 43.3. The van der Waals surface area contributed by atoms with E-state index in [1.807, 2.05) is 0 Å². The van der Waals surface area contributed by atoms with E-state index < -0.39 is 16.1 Å². The molecule has 2 nitrogen and oxygen atoms in total. The summed E-state index contributed by atoms with van der Waals surface area (Å²) in [7, 11) is -4.92. The number of rotatable bonds is 6. The molecule has 2 aromatic heterocycles. The Hall–Kier alpha value is -8.29. The van der Waals surface area contributed by atoms with E-state index in [1.165, 1.54) is 115 Å². The van der Waals surface area contributed by atoms with E-state index in [0.29, 0.717) is 0 Å². The molecular formula is C70H52O2Si2. The summed E-state index contributed by atoms with van der Waals surface area (Å²) in [6.45, 7) is 10.5. The fraction of sp³-hybridized carbons (Fsp3) is 0.0857. The Morgan fingerprint density at radius 3 is 1.19 bits per heavy atom. The Morgan fingerprint density at radius 1 is 0.365 bits per heavy atom. The summed E-state index contributed by atoms with van der Waals surface area (Å²) in [5.41, 5.74) is 23.9. The number of hydrogen-bond donors (Lipinski definition) is 0. The normalized spacial score (nSPS) is 14.9. The van der Waals surface area contributed by atoms with E-state index in [0.717, 1.165) is 40.7 Å². The van der Waals surface area contributed by atoms with Gasteiger partial charge in [0.25, 0.3) is 0 Å². The van der Waals surface area contributed by atoms with Gasteiger partial charge in [0.1, 0.15) is 38.5 Å². The molecule has 352 valence electrons. The number of furan rings is 2. The van der Waals surface area contributed by atoms with Crippen molar-refractivity contribution in [1.82, 2.24) is 0 Å². The minimum atomic E-state index is -2.46. The van der Waals surface area contributed by atoms with Crippen molar-refractivity contribution in [3.63, 3.8) is 0 Å². The lowest BCUT2D eigenvalue weighted by Crippen LogP contribution is -2.63. The van der Waals surface area contributed by atoms with Crippen LogP contribution in [-0.4, -0.2) is 16.1 Å². The molecule has 2 aliphatic heterocycles. The average molecular weight is 981 g/mol. The van der Waals surface area contributed by atoms with Crippen molar-refractivity contribution in [3.05, 3.63) is 224 Å². The highest BCUT2D eigenvalue weighted by atomic mass is 28.3. The molecule has 4 heterocycles. The van der Waals surface area contributed by atoms with Gasteiger partial charge in [-0.2, -0.15) is 0 Å². The molecule has 10 aromatic carbocycles. The van der Waals surface area contributed by atoms with Crippen LogP contribution >= 0.6 is 0 Å². The summed E-state index contributed by atoms with van der Waals surface area (Å²) < 4.78 is 14.3. The van der Waals surface area contributed by atoms with E-state index in [-0.39, 0.29) is 0 Å². The molecule has 0 unspecified atom stereocenters. The van der Waals surface area contributed by atoms with Gasteiger partial charge in [0.05, 0.1) is 0 Å². The molecule has 0 radical (unpaired) electrons. The molecule has 0 amide bonds. The van der Waals surface area contributed by atoms with Crippen LogP contribution in [0.25, 0.3) is 127 Å². The van der Waals surface area contributed by atoms with Crippen molar-refractivity contribution in [1.29, 1.82) is 0 Å². The smallest absolute Gasteiger partial charge is 0.143 e. The highest BCUT2D eigenvalue weighted by Gasteiger charge is 2.49. The van der Waals surface area contributed by atoms with E-state index >= 15 is 0 Å². The first-order valence-corrected chi connectivity index (χ1v) is 32.2. The van der Waals surface area contributed by atoms with Crippen LogP contribution in [-0.2, 0) is 0 Å². The zero-order valence-corrected chi connectivity index (χ0v) is 44.0. The third kappa shape index (κ3) is 6.35. The summed E-state index contributed by atoms with van der Waals surface area (Å²) >= 11 is 0. The second-order valence-corrected chi connectivity index (χ2v) is 30.4. The molecule has 15 rings (SSSR count). The van der Waals surface area contributed by atoms with Gasteiger partial charge >= 0.3 is 0 Å². The van der Waals surface area contributed by atoms with Crippen LogP contribution in [0.1, 0.15) is 18.4 Å². The fourth-order valence-corrected chi connectivity index (χ4v) is 21.8.